The third-order valence-electron chi connectivity index (χ3n) is 2.86. The minimum Gasteiger partial charge on any atom is -0.317 e. The Balaban J connectivity index is 2.35. The molecule has 1 fully saturated rings. The van der Waals surface area contributed by atoms with E-state index in [1.54, 1.807) is 0 Å². The van der Waals surface area contributed by atoms with Crippen LogP contribution < -0.4 is 5.32 Å². The summed E-state index contributed by atoms with van der Waals surface area (Å²) >= 11 is 4.03. The summed E-state index contributed by atoms with van der Waals surface area (Å²) < 4.78 is 13.6. The maximum Gasteiger partial charge on any atom is 0.258 e. The number of benzene rings is 1. The number of hydrogen-bond donors (Lipinski definition) is 2. The Morgan fingerprint density at radius 3 is 2.84 bits per heavy atom. The van der Waals surface area contributed by atoms with Crippen LogP contribution in [0.5, 0.6) is 0 Å². The van der Waals surface area contributed by atoms with Crippen LogP contribution in [0.15, 0.2) is 23.1 Å². The average Bonchev–Trinajstić information content (AvgIpc) is 2.36. The molecule has 3 amide bonds. The van der Waals surface area contributed by atoms with Crippen LogP contribution in [-0.4, -0.2) is 35.2 Å². The Kier molecular flexibility index (Phi) is 3.57. The second-order valence-electron chi connectivity index (χ2n) is 4.19. The molecule has 1 aromatic carbocycles. The number of halogens is 1. The quantitative estimate of drug-likeness (QED) is 0.585. The van der Waals surface area contributed by atoms with Gasteiger partial charge in [0.05, 0.1) is 5.56 Å². The van der Waals surface area contributed by atoms with E-state index in [-0.39, 0.29) is 12.1 Å². The summed E-state index contributed by atoms with van der Waals surface area (Å²) in [6.07, 6.45) is 0. The van der Waals surface area contributed by atoms with Gasteiger partial charge in [0.2, 0.25) is 11.8 Å². The lowest BCUT2D eigenvalue weighted by Crippen LogP contribution is -2.58. The Morgan fingerprint density at radius 2 is 2.16 bits per heavy atom. The number of rotatable bonds is 1. The minimum atomic E-state index is -0.826. The fourth-order valence-corrected chi connectivity index (χ4v) is 2.00. The van der Waals surface area contributed by atoms with E-state index in [1.165, 1.54) is 19.1 Å². The molecular weight excluding hydrogens is 271 g/mol. The van der Waals surface area contributed by atoms with Crippen LogP contribution in [0.25, 0.3) is 0 Å². The molecule has 19 heavy (non-hydrogen) atoms. The Morgan fingerprint density at radius 1 is 1.47 bits per heavy atom. The first-order chi connectivity index (χ1) is 8.90. The lowest BCUT2D eigenvalue weighted by molar-refractivity contribution is -0.138. The van der Waals surface area contributed by atoms with Crippen molar-refractivity contribution in [3.05, 3.63) is 29.6 Å². The largest absolute Gasteiger partial charge is 0.317 e. The summed E-state index contributed by atoms with van der Waals surface area (Å²) in [5.41, 5.74) is -0.207. The van der Waals surface area contributed by atoms with Crippen LogP contribution in [0.2, 0.25) is 0 Å². The minimum absolute atomic E-state index is 0.207. The molecule has 0 spiro atoms. The molecule has 1 aliphatic rings. The number of nitrogens with zero attached hydrogens (tertiary/aromatic N) is 1. The number of imide groups is 1. The van der Waals surface area contributed by atoms with Gasteiger partial charge in [0.25, 0.3) is 5.91 Å². The van der Waals surface area contributed by atoms with Crippen molar-refractivity contribution < 1.29 is 18.8 Å². The molecule has 2 rings (SSSR count). The first-order valence-electron chi connectivity index (χ1n) is 5.53. The van der Waals surface area contributed by atoms with Gasteiger partial charge < -0.3 is 4.90 Å². The number of carbonyl (C=O) groups excluding carboxylic acids is 3. The molecule has 1 heterocycles. The van der Waals surface area contributed by atoms with Gasteiger partial charge in [-0.25, -0.2) is 4.39 Å². The van der Waals surface area contributed by atoms with Crippen LogP contribution in [0.3, 0.4) is 0 Å². The first-order valence-corrected chi connectivity index (χ1v) is 5.98. The third-order valence-corrected chi connectivity index (χ3v) is 3.14. The monoisotopic (exact) mass is 282 g/mol. The van der Waals surface area contributed by atoms with Gasteiger partial charge >= 0.3 is 0 Å². The van der Waals surface area contributed by atoms with Gasteiger partial charge in [0, 0.05) is 4.90 Å². The van der Waals surface area contributed by atoms with Crippen molar-refractivity contribution in [2.75, 3.05) is 6.54 Å². The highest BCUT2D eigenvalue weighted by molar-refractivity contribution is 7.80. The van der Waals surface area contributed by atoms with E-state index >= 15 is 0 Å². The molecule has 1 aliphatic heterocycles. The zero-order valence-corrected chi connectivity index (χ0v) is 10.9. The summed E-state index contributed by atoms with van der Waals surface area (Å²) in [6.45, 7) is 1.20. The van der Waals surface area contributed by atoms with Gasteiger partial charge in [0.15, 0.2) is 0 Å². The number of amides is 3. The van der Waals surface area contributed by atoms with E-state index in [1.807, 2.05) is 0 Å². The smallest absolute Gasteiger partial charge is 0.258 e. The highest BCUT2D eigenvalue weighted by Gasteiger charge is 2.34. The molecule has 1 unspecified atom stereocenters. The summed E-state index contributed by atoms with van der Waals surface area (Å²) in [5, 5.41) is 2.11. The molecule has 0 aliphatic carbocycles. The van der Waals surface area contributed by atoms with Crippen LogP contribution in [0.4, 0.5) is 4.39 Å². The predicted molar refractivity (Wildman–Crippen MR) is 67.3 cm³/mol. The predicted octanol–water partition coefficient (Wildman–Crippen LogP) is 0.601. The summed E-state index contributed by atoms with van der Waals surface area (Å²) in [7, 11) is 0. The van der Waals surface area contributed by atoms with Crippen LogP contribution >= 0.6 is 12.6 Å². The summed E-state index contributed by atoms with van der Waals surface area (Å²) in [6, 6.07) is 2.97. The highest BCUT2D eigenvalue weighted by atomic mass is 32.1. The summed E-state index contributed by atoms with van der Waals surface area (Å²) in [4.78, 5) is 36.4. The van der Waals surface area contributed by atoms with Crippen molar-refractivity contribution in [2.24, 2.45) is 0 Å². The number of hydrogen-bond acceptors (Lipinski definition) is 4. The third kappa shape index (κ3) is 2.60. The number of carbonyl (C=O) groups is 3. The fraction of sp³-hybridized carbons (Fsp3) is 0.250. The molecule has 0 bridgehead atoms. The van der Waals surface area contributed by atoms with Gasteiger partial charge in [-0.1, -0.05) is 0 Å². The standard InChI is InChI=1S/C12H11FN2O3S/c1-6-11(17)14-10(16)5-15(6)12(18)8-4-7(19)2-3-9(8)13/h2-4,6,19H,5H2,1H3,(H,14,16,17). The molecule has 0 aromatic heterocycles. The van der Waals surface area contributed by atoms with E-state index in [9.17, 15) is 18.8 Å². The van der Waals surface area contributed by atoms with Crippen molar-refractivity contribution in [1.29, 1.82) is 0 Å². The molecule has 1 aromatic rings. The Bertz CT molecular complexity index is 576. The van der Waals surface area contributed by atoms with E-state index in [0.29, 0.717) is 4.90 Å². The highest BCUT2D eigenvalue weighted by Crippen LogP contribution is 2.18. The van der Waals surface area contributed by atoms with E-state index in [4.69, 9.17) is 0 Å². The maximum absolute atomic E-state index is 13.6. The van der Waals surface area contributed by atoms with Gasteiger partial charge in [-0.15, -0.1) is 12.6 Å². The lowest BCUT2D eigenvalue weighted by atomic mass is 10.1. The van der Waals surface area contributed by atoms with Crippen LogP contribution in [-0.2, 0) is 9.59 Å². The molecule has 7 heteroatoms. The molecule has 0 radical (unpaired) electrons. The molecule has 5 nitrogen and oxygen atoms in total. The topological polar surface area (TPSA) is 66.5 Å². The Labute approximate surface area is 114 Å². The maximum atomic E-state index is 13.6. The van der Waals surface area contributed by atoms with E-state index in [2.05, 4.69) is 17.9 Å². The molecule has 1 saturated heterocycles. The van der Waals surface area contributed by atoms with Gasteiger partial charge in [-0.05, 0) is 25.1 Å². The van der Waals surface area contributed by atoms with Crippen molar-refractivity contribution >= 4 is 30.4 Å². The summed E-state index contributed by atoms with van der Waals surface area (Å²) in [5.74, 6) is -2.58. The van der Waals surface area contributed by atoms with E-state index < -0.39 is 29.6 Å². The molecular formula is C12H11FN2O3S. The first kappa shape index (κ1) is 13.5. The van der Waals surface area contributed by atoms with E-state index in [0.717, 1.165) is 11.0 Å². The second kappa shape index (κ2) is 5.00. The zero-order chi connectivity index (χ0) is 14.2. The second-order valence-corrected chi connectivity index (χ2v) is 4.70. The van der Waals surface area contributed by atoms with Crippen molar-refractivity contribution in [3.63, 3.8) is 0 Å². The number of nitrogens with one attached hydrogen (secondary N) is 1. The number of thiol groups is 1. The average molecular weight is 282 g/mol. The fourth-order valence-electron chi connectivity index (χ4n) is 1.79. The van der Waals surface area contributed by atoms with Crippen LogP contribution in [0, 0.1) is 5.82 Å². The van der Waals surface area contributed by atoms with Gasteiger partial charge in [-0.2, -0.15) is 0 Å². The SMILES string of the molecule is CC1C(=O)NC(=O)CN1C(=O)c1cc(S)ccc1F. The number of piperazine rings is 1. The molecule has 1 N–H and O–H groups in total. The van der Waals surface area contributed by atoms with Crippen molar-refractivity contribution in [3.8, 4) is 0 Å². The van der Waals surface area contributed by atoms with Gasteiger partial charge in [0.1, 0.15) is 18.4 Å². The molecule has 0 saturated carbocycles. The molecule has 1 atom stereocenters. The van der Waals surface area contributed by atoms with Crippen molar-refractivity contribution in [2.45, 2.75) is 17.9 Å². The van der Waals surface area contributed by atoms with Crippen molar-refractivity contribution in [1.82, 2.24) is 10.2 Å². The molecule has 100 valence electrons. The Hall–Kier alpha value is -1.89. The van der Waals surface area contributed by atoms with Crippen LogP contribution in [0.1, 0.15) is 17.3 Å². The normalized spacial score (nSPS) is 19.3. The zero-order valence-electron chi connectivity index (χ0n) is 10.0. The van der Waals surface area contributed by atoms with Gasteiger partial charge in [-0.3, -0.25) is 19.7 Å². The lowest BCUT2D eigenvalue weighted by Gasteiger charge is -2.31.